The molecule has 0 fully saturated rings. The third kappa shape index (κ3) is 2.27. The van der Waals surface area contributed by atoms with Gasteiger partial charge in [0.25, 0.3) is 5.56 Å². The molecule has 8 heteroatoms. The summed E-state index contributed by atoms with van der Waals surface area (Å²) in [6.07, 6.45) is 0. The number of hydrogen-bond acceptors (Lipinski definition) is 5. The Morgan fingerprint density at radius 3 is 2.86 bits per heavy atom. The highest BCUT2D eigenvalue weighted by atomic mass is 16.4. The maximum Gasteiger partial charge on any atom is 0.358 e. The second kappa shape index (κ2) is 4.82. The first-order valence-electron chi connectivity index (χ1n) is 6.17. The zero-order chi connectivity index (χ0) is 15.0. The zero-order valence-electron chi connectivity index (χ0n) is 11.1. The van der Waals surface area contributed by atoms with E-state index in [9.17, 15) is 9.59 Å². The molecule has 106 valence electrons. The van der Waals surface area contributed by atoms with Crippen LogP contribution >= 0.6 is 0 Å². The maximum atomic E-state index is 12.0. The second-order valence-electron chi connectivity index (χ2n) is 4.52. The number of carboxylic acids is 1. The molecule has 0 aliphatic heterocycles. The molecule has 0 amide bonds. The second-order valence-corrected chi connectivity index (χ2v) is 4.52. The van der Waals surface area contributed by atoms with E-state index in [0.29, 0.717) is 22.4 Å². The van der Waals surface area contributed by atoms with Crippen LogP contribution in [0.2, 0.25) is 0 Å². The summed E-state index contributed by atoms with van der Waals surface area (Å²) in [6, 6.07) is 6.99. The fraction of sp³-hybridized carbons (Fsp3) is 0.154. The van der Waals surface area contributed by atoms with Gasteiger partial charge in [-0.05, 0) is 19.1 Å². The van der Waals surface area contributed by atoms with E-state index in [1.165, 1.54) is 4.68 Å². The Balaban J connectivity index is 2.02. The maximum absolute atomic E-state index is 12.0. The third-order valence-electron chi connectivity index (χ3n) is 3.15. The monoisotopic (exact) mass is 285 g/mol. The Bertz CT molecular complexity index is 896. The van der Waals surface area contributed by atoms with E-state index in [-0.39, 0.29) is 17.8 Å². The minimum Gasteiger partial charge on any atom is -0.476 e. The van der Waals surface area contributed by atoms with E-state index in [4.69, 9.17) is 5.11 Å². The topological polar surface area (TPSA) is 114 Å². The van der Waals surface area contributed by atoms with Gasteiger partial charge < -0.3 is 10.1 Å². The molecule has 0 saturated heterocycles. The van der Waals surface area contributed by atoms with Gasteiger partial charge in [0, 0.05) is 0 Å². The summed E-state index contributed by atoms with van der Waals surface area (Å²) < 4.78 is 1.39. The van der Waals surface area contributed by atoms with Crippen molar-refractivity contribution in [1.82, 2.24) is 25.0 Å². The largest absolute Gasteiger partial charge is 0.476 e. The summed E-state index contributed by atoms with van der Waals surface area (Å²) in [5, 5.41) is 16.8. The fourth-order valence-electron chi connectivity index (χ4n) is 2.06. The van der Waals surface area contributed by atoms with Crippen molar-refractivity contribution in [3.63, 3.8) is 0 Å². The number of nitrogens with one attached hydrogen (secondary N) is 1. The summed E-state index contributed by atoms with van der Waals surface area (Å²) in [6.45, 7) is 1.74. The number of aromatic nitrogens is 5. The lowest BCUT2D eigenvalue weighted by Crippen LogP contribution is -2.15. The minimum absolute atomic E-state index is 0.113. The van der Waals surface area contributed by atoms with Crippen molar-refractivity contribution in [3.05, 3.63) is 51.8 Å². The van der Waals surface area contributed by atoms with Crippen LogP contribution in [0.1, 0.15) is 22.0 Å². The average Bonchev–Trinajstić information content (AvgIpc) is 2.80. The smallest absolute Gasteiger partial charge is 0.358 e. The molecule has 0 saturated carbocycles. The van der Waals surface area contributed by atoms with Gasteiger partial charge in [-0.15, -0.1) is 5.10 Å². The average molecular weight is 285 g/mol. The first kappa shape index (κ1) is 13.0. The molecule has 2 N–H and O–H groups in total. The number of carbonyl (C=O) groups is 1. The van der Waals surface area contributed by atoms with Gasteiger partial charge in [0.2, 0.25) is 0 Å². The lowest BCUT2D eigenvalue weighted by atomic mass is 10.2. The highest BCUT2D eigenvalue weighted by Gasteiger charge is 2.15. The van der Waals surface area contributed by atoms with Crippen molar-refractivity contribution in [1.29, 1.82) is 0 Å². The molecule has 2 heterocycles. The van der Waals surface area contributed by atoms with Crippen LogP contribution in [0, 0.1) is 6.92 Å². The molecule has 0 bridgehead atoms. The molecular weight excluding hydrogens is 274 g/mol. The van der Waals surface area contributed by atoms with Gasteiger partial charge in [0.1, 0.15) is 12.4 Å². The van der Waals surface area contributed by atoms with E-state index < -0.39 is 5.97 Å². The lowest BCUT2D eigenvalue weighted by molar-refractivity contribution is 0.0689. The summed E-state index contributed by atoms with van der Waals surface area (Å²) in [7, 11) is 0. The Kier molecular flexibility index (Phi) is 2.98. The Hall–Kier alpha value is -3.03. The first-order valence-corrected chi connectivity index (χ1v) is 6.17. The number of para-hydroxylation sites is 1. The molecule has 0 aliphatic rings. The molecular formula is C13H11N5O3. The zero-order valence-corrected chi connectivity index (χ0v) is 11.1. The quantitative estimate of drug-likeness (QED) is 0.727. The molecule has 0 unspecified atom stereocenters. The highest BCUT2D eigenvalue weighted by molar-refractivity contribution is 5.86. The van der Waals surface area contributed by atoms with Gasteiger partial charge >= 0.3 is 5.97 Å². The van der Waals surface area contributed by atoms with Gasteiger partial charge in [0.15, 0.2) is 5.69 Å². The van der Waals surface area contributed by atoms with E-state index in [1.807, 2.05) is 0 Å². The molecule has 0 atom stereocenters. The highest BCUT2D eigenvalue weighted by Crippen LogP contribution is 2.08. The standard InChI is InChI=1S/C13H11N5O3/c1-7-11(13(20)21)16-17-18(7)6-10-14-9-5-3-2-4-8(9)12(19)15-10/h2-5H,6H2,1H3,(H,20,21)(H,14,15,19). The SMILES string of the molecule is Cc1c(C(=O)O)nnn1Cc1nc2ccccc2c(=O)[nH]1. The first-order chi connectivity index (χ1) is 10.1. The van der Waals surface area contributed by atoms with Crippen molar-refractivity contribution in [3.8, 4) is 0 Å². The number of carboxylic acid groups (broad SMARTS) is 1. The van der Waals surface area contributed by atoms with Crippen molar-refractivity contribution in [2.45, 2.75) is 13.5 Å². The van der Waals surface area contributed by atoms with Crippen LogP contribution in [0.5, 0.6) is 0 Å². The molecule has 8 nitrogen and oxygen atoms in total. The number of benzene rings is 1. The third-order valence-corrected chi connectivity index (χ3v) is 3.15. The van der Waals surface area contributed by atoms with E-state index >= 15 is 0 Å². The van der Waals surface area contributed by atoms with Gasteiger partial charge in [-0.25, -0.2) is 14.5 Å². The molecule has 3 rings (SSSR count). The Labute approximate surface area is 118 Å². The molecule has 0 aliphatic carbocycles. The summed E-state index contributed by atoms with van der Waals surface area (Å²) >= 11 is 0. The summed E-state index contributed by atoms with van der Waals surface area (Å²) in [5.74, 6) is -0.748. The number of fused-ring (bicyclic) bond motifs is 1. The van der Waals surface area contributed by atoms with Crippen LogP contribution in [0.3, 0.4) is 0 Å². The van der Waals surface area contributed by atoms with E-state index in [2.05, 4.69) is 20.3 Å². The van der Waals surface area contributed by atoms with E-state index in [0.717, 1.165) is 0 Å². The van der Waals surface area contributed by atoms with E-state index in [1.54, 1.807) is 31.2 Å². The van der Waals surface area contributed by atoms with Gasteiger partial charge in [-0.3, -0.25) is 4.79 Å². The summed E-state index contributed by atoms with van der Waals surface area (Å²) in [5.41, 5.74) is 0.621. The number of H-pyrrole nitrogens is 1. The van der Waals surface area contributed by atoms with Crippen molar-refractivity contribution in [2.75, 3.05) is 0 Å². The van der Waals surface area contributed by atoms with Crippen LogP contribution in [0.15, 0.2) is 29.1 Å². The minimum atomic E-state index is -1.14. The van der Waals surface area contributed by atoms with Crippen molar-refractivity contribution >= 4 is 16.9 Å². The number of hydrogen-bond donors (Lipinski definition) is 2. The van der Waals surface area contributed by atoms with Gasteiger partial charge in [0.05, 0.1) is 16.6 Å². The van der Waals surface area contributed by atoms with Crippen LogP contribution in [-0.2, 0) is 6.54 Å². The predicted octanol–water partition coefficient (Wildman–Crippen LogP) is 0.570. The number of rotatable bonds is 3. The number of nitrogens with zero attached hydrogens (tertiary/aromatic N) is 4. The molecule has 1 aromatic carbocycles. The molecule has 0 radical (unpaired) electrons. The van der Waals surface area contributed by atoms with Gasteiger partial charge in [-0.1, -0.05) is 17.3 Å². The number of aromatic carboxylic acids is 1. The lowest BCUT2D eigenvalue weighted by Gasteiger charge is -2.04. The van der Waals surface area contributed by atoms with Crippen molar-refractivity contribution < 1.29 is 9.90 Å². The summed E-state index contributed by atoms with van der Waals surface area (Å²) in [4.78, 5) is 29.9. The van der Waals surface area contributed by atoms with Gasteiger partial charge in [-0.2, -0.15) is 0 Å². The van der Waals surface area contributed by atoms with Crippen LogP contribution in [-0.4, -0.2) is 36.0 Å². The van der Waals surface area contributed by atoms with Crippen LogP contribution < -0.4 is 5.56 Å². The normalized spacial score (nSPS) is 10.9. The molecule has 3 aromatic rings. The molecule has 0 spiro atoms. The Morgan fingerprint density at radius 1 is 1.38 bits per heavy atom. The Morgan fingerprint density at radius 2 is 2.14 bits per heavy atom. The van der Waals surface area contributed by atoms with Crippen LogP contribution in [0.4, 0.5) is 0 Å². The van der Waals surface area contributed by atoms with Crippen LogP contribution in [0.25, 0.3) is 10.9 Å². The number of aromatic amines is 1. The molecule has 21 heavy (non-hydrogen) atoms. The molecule has 2 aromatic heterocycles. The predicted molar refractivity (Wildman–Crippen MR) is 73.2 cm³/mol. The van der Waals surface area contributed by atoms with Crippen molar-refractivity contribution in [2.24, 2.45) is 0 Å². The fourth-order valence-corrected chi connectivity index (χ4v) is 2.06.